The first-order valence-corrected chi connectivity index (χ1v) is 18.4. The first-order valence-electron chi connectivity index (χ1n) is 16.1. The summed E-state index contributed by atoms with van der Waals surface area (Å²) in [5, 5.41) is 3.25. The van der Waals surface area contributed by atoms with Crippen LogP contribution < -0.4 is 9.62 Å². The van der Waals surface area contributed by atoms with Crippen molar-refractivity contribution in [2.24, 2.45) is 0 Å². The Morgan fingerprint density at radius 1 is 0.809 bits per heavy atom. The predicted octanol–water partition coefficient (Wildman–Crippen LogP) is 7.35. The summed E-state index contributed by atoms with van der Waals surface area (Å²) >= 11 is 3.54. The van der Waals surface area contributed by atoms with E-state index < -0.39 is 28.5 Å². The molecule has 1 aliphatic rings. The second-order valence-corrected chi connectivity index (χ2v) is 15.1. The van der Waals surface area contributed by atoms with Crippen molar-refractivity contribution in [2.75, 3.05) is 10.8 Å². The highest BCUT2D eigenvalue weighted by molar-refractivity contribution is 9.10. The van der Waals surface area contributed by atoms with E-state index in [1.165, 1.54) is 16.4 Å². The van der Waals surface area contributed by atoms with E-state index in [9.17, 15) is 18.0 Å². The van der Waals surface area contributed by atoms with E-state index >= 15 is 0 Å². The summed E-state index contributed by atoms with van der Waals surface area (Å²) < 4.78 is 30.4. The number of carbonyl (C=O) groups is 2. The van der Waals surface area contributed by atoms with Crippen LogP contribution in [0.1, 0.15) is 54.4 Å². The van der Waals surface area contributed by atoms with E-state index in [-0.39, 0.29) is 29.8 Å². The van der Waals surface area contributed by atoms with Crippen molar-refractivity contribution in [3.05, 3.63) is 130 Å². The van der Waals surface area contributed by atoms with E-state index in [4.69, 9.17) is 0 Å². The third kappa shape index (κ3) is 8.90. The zero-order chi connectivity index (χ0) is 33.4. The van der Waals surface area contributed by atoms with Crippen LogP contribution in [-0.2, 0) is 32.6 Å². The highest BCUT2D eigenvalue weighted by atomic mass is 79.9. The van der Waals surface area contributed by atoms with E-state index in [0.29, 0.717) is 5.69 Å². The molecule has 0 aromatic heterocycles. The fraction of sp³-hybridized carbons (Fsp3) is 0.316. The summed E-state index contributed by atoms with van der Waals surface area (Å²) in [6.45, 7) is 3.52. The number of nitrogens with one attached hydrogen (secondary N) is 1. The Morgan fingerprint density at radius 3 is 2.13 bits per heavy atom. The molecule has 0 aliphatic heterocycles. The second-order valence-electron chi connectivity index (χ2n) is 12.3. The van der Waals surface area contributed by atoms with Crippen molar-refractivity contribution < 1.29 is 18.0 Å². The number of benzene rings is 4. The monoisotopic (exact) mass is 715 g/mol. The molecular weight excluding hydrogens is 674 g/mol. The molecule has 4 aromatic rings. The fourth-order valence-corrected chi connectivity index (χ4v) is 7.93. The van der Waals surface area contributed by atoms with E-state index in [1.807, 2.05) is 74.5 Å². The number of rotatable bonds is 12. The third-order valence-electron chi connectivity index (χ3n) is 8.85. The maximum Gasteiger partial charge on any atom is 0.264 e. The lowest BCUT2D eigenvalue weighted by Crippen LogP contribution is -2.55. The van der Waals surface area contributed by atoms with Crippen molar-refractivity contribution in [3.63, 3.8) is 0 Å². The number of nitrogens with zero attached hydrogens (tertiary/aromatic N) is 2. The van der Waals surface area contributed by atoms with Crippen molar-refractivity contribution in [2.45, 2.75) is 75.9 Å². The molecule has 1 aliphatic carbocycles. The number of sulfonamides is 1. The van der Waals surface area contributed by atoms with E-state index in [1.54, 1.807) is 35.2 Å². The van der Waals surface area contributed by atoms with Crippen LogP contribution in [0.5, 0.6) is 0 Å². The smallest absolute Gasteiger partial charge is 0.264 e. The Bertz CT molecular complexity index is 1780. The van der Waals surface area contributed by atoms with Crippen LogP contribution in [0.25, 0.3) is 0 Å². The molecule has 1 N–H and O–H groups in total. The maximum absolute atomic E-state index is 14.7. The summed E-state index contributed by atoms with van der Waals surface area (Å²) in [5.74, 6) is -0.699. The molecule has 47 heavy (non-hydrogen) atoms. The summed E-state index contributed by atoms with van der Waals surface area (Å²) in [5.41, 5.74) is 4.03. The molecule has 0 heterocycles. The van der Waals surface area contributed by atoms with Gasteiger partial charge in [0.1, 0.15) is 12.6 Å². The Balaban J connectivity index is 1.57. The number of carbonyl (C=O) groups excluding carboxylic acids is 2. The van der Waals surface area contributed by atoms with Crippen LogP contribution in [0, 0.1) is 13.8 Å². The van der Waals surface area contributed by atoms with Gasteiger partial charge in [-0.1, -0.05) is 102 Å². The molecule has 5 rings (SSSR count). The van der Waals surface area contributed by atoms with Crippen LogP contribution in [0.2, 0.25) is 0 Å². The molecule has 0 bridgehead atoms. The van der Waals surface area contributed by atoms with Gasteiger partial charge in [0.25, 0.3) is 10.0 Å². The number of aryl methyl sites for hydroxylation is 2. The fourth-order valence-electron chi connectivity index (χ4n) is 6.06. The van der Waals surface area contributed by atoms with Gasteiger partial charge in [0, 0.05) is 23.5 Å². The number of hydrogen-bond donors (Lipinski definition) is 1. The molecule has 4 aromatic carbocycles. The highest BCUT2D eigenvalue weighted by Gasteiger charge is 2.35. The second kappa shape index (κ2) is 15.8. The quantitative estimate of drug-likeness (QED) is 0.166. The molecule has 0 unspecified atom stereocenters. The molecule has 246 valence electrons. The third-order valence-corrected chi connectivity index (χ3v) is 11.1. The minimum Gasteiger partial charge on any atom is -0.352 e. The SMILES string of the molecule is Cc1ccc(N(CC(=O)N(Cc2cccc(Br)c2)[C@H](Cc2ccccc2)C(=O)NC2CCCCC2)S(=O)(=O)c2ccccc2)cc1C. The molecule has 0 radical (unpaired) electrons. The number of hydrogen-bond acceptors (Lipinski definition) is 4. The van der Waals surface area contributed by atoms with E-state index in [2.05, 4.69) is 21.2 Å². The average molecular weight is 717 g/mol. The molecule has 1 fully saturated rings. The molecule has 9 heteroatoms. The van der Waals surface area contributed by atoms with Crippen molar-refractivity contribution in [1.29, 1.82) is 0 Å². The van der Waals surface area contributed by atoms with Gasteiger partial charge in [-0.25, -0.2) is 8.42 Å². The van der Waals surface area contributed by atoms with Crippen LogP contribution >= 0.6 is 15.9 Å². The normalized spacial score (nSPS) is 14.3. The summed E-state index contributed by atoms with van der Waals surface area (Å²) in [6.07, 6.45) is 5.35. The highest BCUT2D eigenvalue weighted by Crippen LogP contribution is 2.27. The molecule has 2 amide bonds. The zero-order valence-corrected chi connectivity index (χ0v) is 29.3. The van der Waals surface area contributed by atoms with Gasteiger partial charge in [0.2, 0.25) is 11.8 Å². The Kier molecular flexibility index (Phi) is 11.5. The number of halogens is 1. The molecule has 1 atom stereocenters. The summed E-state index contributed by atoms with van der Waals surface area (Å²) in [7, 11) is -4.14. The zero-order valence-electron chi connectivity index (χ0n) is 26.9. The average Bonchev–Trinajstić information content (AvgIpc) is 3.07. The lowest BCUT2D eigenvalue weighted by Gasteiger charge is -2.35. The lowest BCUT2D eigenvalue weighted by atomic mass is 9.94. The number of anilines is 1. The molecule has 1 saturated carbocycles. The van der Waals surface area contributed by atoms with Crippen molar-refractivity contribution in [3.8, 4) is 0 Å². The molecule has 7 nitrogen and oxygen atoms in total. The summed E-state index contributed by atoms with van der Waals surface area (Å²) in [6, 6.07) is 30.0. The summed E-state index contributed by atoms with van der Waals surface area (Å²) in [4.78, 5) is 30.6. The van der Waals surface area contributed by atoms with Gasteiger partial charge in [-0.05, 0) is 85.3 Å². The van der Waals surface area contributed by atoms with Crippen LogP contribution in [0.3, 0.4) is 0 Å². The van der Waals surface area contributed by atoms with Crippen LogP contribution in [0.4, 0.5) is 5.69 Å². The molecular formula is C38H42BrN3O4S. The van der Waals surface area contributed by atoms with Crippen molar-refractivity contribution in [1.82, 2.24) is 10.2 Å². The molecule has 0 spiro atoms. The van der Waals surface area contributed by atoms with Gasteiger partial charge in [-0.3, -0.25) is 13.9 Å². The molecule has 0 saturated heterocycles. The predicted molar refractivity (Wildman–Crippen MR) is 191 cm³/mol. The van der Waals surface area contributed by atoms with Gasteiger partial charge in [-0.15, -0.1) is 0 Å². The number of amides is 2. The first kappa shape index (κ1) is 34.4. The Hall–Kier alpha value is -3.95. The topological polar surface area (TPSA) is 86.8 Å². The Morgan fingerprint density at radius 2 is 1.47 bits per heavy atom. The van der Waals surface area contributed by atoms with Gasteiger partial charge in [0.15, 0.2) is 0 Å². The van der Waals surface area contributed by atoms with Crippen molar-refractivity contribution >= 4 is 43.5 Å². The maximum atomic E-state index is 14.7. The van der Waals surface area contributed by atoms with Gasteiger partial charge in [-0.2, -0.15) is 0 Å². The van der Waals surface area contributed by atoms with Gasteiger partial charge >= 0.3 is 0 Å². The van der Waals surface area contributed by atoms with Crippen LogP contribution in [-0.4, -0.2) is 43.8 Å². The van der Waals surface area contributed by atoms with Crippen LogP contribution in [0.15, 0.2) is 112 Å². The van der Waals surface area contributed by atoms with Gasteiger partial charge < -0.3 is 10.2 Å². The minimum atomic E-state index is -4.14. The standard InChI is InChI=1S/C38H42BrN3O4S/c1-28-21-22-34(23-29(28)2)42(47(45,46)35-19-10-5-11-20-35)27-37(43)41(26-31-15-12-16-32(39)24-31)36(25-30-13-6-3-7-14-30)38(44)40-33-17-8-4-9-18-33/h3,5-7,10-16,19-24,33,36H,4,8-9,17-18,25-27H2,1-2H3,(H,40,44)/t36-/m1/s1. The minimum absolute atomic E-state index is 0.0443. The lowest BCUT2D eigenvalue weighted by molar-refractivity contribution is -0.140. The first-order chi connectivity index (χ1) is 22.6. The Labute approximate surface area is 287 Å². The van der Waals surface area contributed by atoms with Gasteiger partial charge in [0.05, 0.1) is 10.6 Å². The largest absolute Gasteiger partial charge is 0.352 e. The van der Waals surface area contributed by atoms with E-state index in [0.717, 1.165) is 58.8 Å².